The Bertz CT molecular complexity index is 801. The van der Waals surface area contributed by atoms with Crippen molar-refractivity contribution < 1.29 is 17.9 Å². The highest BCUT2D eigenvalue weighted by Gasteiger charge is 2.29. The van der Waals surface area contributed by atoms with Crippen LogP contribution in [-0.2, 0) is 14.6 Å². The van der Waals surface area contributed by atoms with E-state index in [0.717, 1.165) is 5.75 Å². The Kier molecular flexibility index (Phi) is 4.85. The molecule has 0 aliphatic carbocycles. The molecule has 1 heterocycles. The maximum atomic E-state index is 12.2. The second-order valence-electron chi connectivity index (χ2n) is 5.88. The summed E-state index contributed by atoms with van der Waals surface area (Å²) in [7, 11) is -3.09. The van der Waals surface area contributed by atoms with E-state index in [9.17, 15) is 13.2 Å². The monoisotopic (exact) mass is 345 g/mol. The van der Waals surface area contributed by atoms with Gasteiger partial charge < -0.3 is 10.1 Å². The van der Waals surface area contributed by atoms with Crippen LogP contribution in [0.1, 0.15) is 12.8 Å². The molecule has 126 valence electrons. The van der Waals surface area contributed by atoms with E-state index < -0.39 is 15.8 Å². The zero-order valence-electron chi connectivity index (χ0n) is 13.1. The summed E-state index contributed by atoms with van der Waals surface area (Å²) in [5.41, 5.74) is 0.628. The number of anilines is 1. The molecule has 0 bridgehead atoms. The van der Waals surface area contributed by atoms with Gasteiger partial charge in [-0.05, 0) is 49.2 Å². The molecular formula is C18H19NO4S. The molecule has 1 N–H and O–H groups in total. The normalized spacial score (nSPS) is 19.4. The Morgan fingerprint density at radius 3 is 2.33 bits per heavy atom. The number of rotatable bonds is 4. The maximum absolute atomic E-state index is 12.2. The molecule has 1 aliphatic rings. The van der Waals surface area contributed by atoms with Crippen LogP contribution in [-0.4, -0.2) is 25.8 Å². The van der Waals surface area contributed by atoms with Crippen molar-refractivity contribution in [3.05, 3.63) is 54.6 Å². The molecule has 1 atom stereocenters. The summed E-state index contributed by atoms with van der Waals surface area (Å²) in [6.07, 6.45) is 1.16. The number of nitrogens with one attached hydrogen (secondary N) is 1. The lowest BCUT2D eigenvalue weighted by Crippen LogP contribution is -2.34. The van der Waals surface area contributed by atoms with Crippen LogP contribution in [0, 0.1) is 5.92 Å². The van der Waals surface area contributed by atoms with Crippen molar-refractivity contribution in [3.8, 4) is 11.5 Å². The molecule has 1 aliphatic heterocycles. The van der Waals surface area contributed by atoms with Crippen molar-refractivity contribution in [2.24, 2.45) is 5.92 Å². The number of amides is 1. The van der Waals surface area contributed by atoms with E-state index in [1.165, 1.54) is 0 Å². The van der Waals surface area contributed by atoms with Crippen molar-refractivity contribution in [1.29, 1.82) is 0 Å². The fourth-order valence-electron chi connectivity index (χ4n) is 2.70. The zero-order chi connectivity index (χ0) is 17.0. The van der Waals surface area contributed by atoms with Gasteiger partial charge in [0.15, 0.2) is 9.84 Å². The molecule has 1 amide bonds. The molecular weight excluding hydrogens is 326 g/mol. The number of carbonyl (C=O) groups is 1. The molecule has 3 rings (SSSR count). The van der Waals surface area contributed by atoms with Crippen molar-refractivity contribution >= 4 is 21.4 Å². The van der Waals surface area contributed by atoms with Gasteiger partial charge in [0.25, 0.3) is 0 Å². The summed E-state index contributed by atoms with van der Waals surface area (Å²) >= 11 is 0. The standard InChI is InChI=1S/C18H19NO4S/c20-18(14-5-4-12-24(21,22)13-14)19-15-8-10-17(11-9-15)23-16-6-2-1-3-7-16/h1-3,6-11,14H,4-5,12-13H2,(H,19,20). The maximum Gasteiger partial charge on any atom is 0.228 e. The first kappa shape index (κ1) is 16.5. The summed E-state index contributed by atoms with van der Waals surface area (Å²) in [5, 5.41) is 2.78. The van der Waals surface area contributed by atoms with Gasteiger partial charge in [-0.2, -0.15) is 0 Å². The second-order valence-corrected chi connectivity index (χ2v) is 8.11. The molecule has 1 saturated heterocycles. The van der Waals surface area contributed by atoms with Gasteiger partial charge in [-0.25, -0.2) is 8.42 Å². The third-order valence-corrected chi connectivity index (χ3v) is 5.76. The van der Waals surface area contributed by atoms with Crippen molar-refractivity contribution in [2.45, 2.75) is 12.8 Å². The van der Waals surface area contributed by atoms with Crippen LogP contribution >= 0.6 is 0 Å². The minimum atomic E-state index is -3.09. The van der Waals surface area contributed by atoms with Crippen LogP contribution in [0.25, 0.3) is 0 Å². The lowest BCUT2D eigenvalue weighted by Gasteiger charge is -2.21. The van der Waals surface area contributed by atoms with E-state index in [1.54, 1.807) is 24.3 Å². The van der Waals surface area contributed by atoms with Gasteiger partial charge in [0.2, 0.25) is 5.91 Å². The molecule has 0 spiro atoms. The van der Waals surface area contributed by atoms with Gasteiger partial charge in [0.05, 0.1) is 17.4 Å². The first-order valence-electron chi connectivity index (χ1n) is 7.86. The molecule has 2 aromatic rings. The molecule has 2 aromatic carbocycles. The molecule has 0 saturated carbocycles. The van der Waals surface area contributed by atoms with Gasteiger partial charge in [-0.3, -0.25) is 4.79 Å². The number of carbonyl (C=O) groups excluding carboxylic acids is 1. The summed E-state index contributed by atoms with van der Waals surface area (Å²) < 4.78 is 29.0. The highest BCUT2D eigenvalue weighted by atomic mass is 32.2. The highest BCUT2D eigenvalue weighted by Crippen LogP contribution is 2.24. The number of sulfone groups is 1. The molecule has 1 fully saturated rings. The van der Waals surface area contributed by atoms with Crippen LogP contribution in [0.4, 0.5) is 5.69 Å². The van der Waals surface area contributed by atoms with E-state index in [4.69, 9.17) is 4.74 Å². The number of benzene rings is 2. The fourth-order valence-corrected chi connectivity index (χ4v) is 4.41. The fraction of sp³-hybridized carbons (Fsp3) is 0.278. The van der Waals surface area contributed by atoms with Crippen LogP contribution in [0.5, 0.6) is 11.5 Å². The van der Waals surface area contributed by atoms with Gasteiger partial charge in [-0.15, -0.1) is 0 Å². The number of para-hydroxylation sites is 1. The lowest BCUT2D eigenvalue weighted by molar-refractivity contribution is -0.119. The van der Waals surface area contributed by atoms with E-state index in [-0.39, 0.29) is 17.4 Å². The summed E-state index contributed by atoms with van der Waals surface area (Å²) in [6, 6.07) is 16.4. The van der Waals surface area contributed by atoms with Crippen LogP contribution in [0.2, 0.25) is 0 Å². The van der Waals surface area contributed by atoms with Crippen molar-refractivity contribution in [2.75, 3.05) is 16.8 Å². The molecule has 24 heavy (non-hydrogen) atoms. The Morgan fingerprint density at radius 2 is 1.67 bits per heavy atom. The SMILES string of the molecule is O=C(Nc1ccc(Oc2ccccc2)cc1)C1CCCS(=O)(=O)C1. The second kappa shape index (κ2) is 7.05. The molecule has 5 nitrogen and oxygen atoms in total. The molecule has 6 heteroatoms. The summed E-state index contributed by atoms with van der Waals surface area (Å²) in [6.45, 7) is 0. The lowest BCUT2D eigenvalue weighted by atomic mass is 10.0. The van der Waals surface area contributed by atoms with Crippen molar-refractivity contribution in [1.82, 2.24) is 0 Å². The van der Waals surface area contributed by atoms with Gasteiger partial charge >= 0.3 is 0 Å². The summed E-state index contributed by atoms with van der Waals surface area (Å²) in [4.78, 5) is 12.2. The number of ether oxygens (including phenoxy) is 1. The Labute approximate surface area is 141 Å². The summed E-state index contributed by atoms with van der Waals surface area (Å²) in [5.74, 6) is 0.816. The van der Waals surface area contributed by atoms with Crippen molar-refractivity contribution in [3.63, 3.8) is 0 Å². The average molecular weight is 345 g/mol. The molecule has 0 aromatic heterocycles. The highest BCUT2D eigenvalue weighted by molar-refractivity contribution is 7.91. The quantitative estimate of drug-likeness (QED) is 0.923. The third-order valence-electron chi connectivity index (χ3n) is 3.93. The minimum Gasteiger partial charge on any atom is -0.457 e. The minimum absolute atomic E-state index is 0.0615. The number of hydrogen-bond acceptors (Lipinski definition) is 4. The molecule has 1 unspecified atom stereocenters. The van der Waals surface area contributed by atoms with Gasteiger partial charge in [-0.1, -0.05) is 18.2 Å². The van der Waals surface area contributed by atoms with Crippen LogP contribution in [0.15, 0.2) is 54.6 Å². The van der Waals surface area contributed by atoms with Crippen LogP contribution < -0.4 is 10.1 Å². The largest absolute Gasteiger partial charge is 0.457 e. The molecule has 0 radical (unpaired) electrons. The smallest absolute Gasteiger partial charge is 0.228 e. The Morgan fingerprint density at radius 1 is 1.00 bits per heavy atom. The first-order chi connectivity index (χ1) is 11.5. The van der Waals surface area contributed by atoms with E-state index >= 15 is 0 Å². The number of hydrogen-bond donors (Lipinski definition) is 1. The Balaban J connectivity index is 1.60. The van der Waals surface area contributed by atoms with E-state index in [0.29, 0.717) is 24.3 Å². The first-order valence-corrected chi connectivity index (χ1v) is 9.68. The van der Waals surface area contributed by atoms with Crippen LogP contribution in [0.3, 0.4) is 0 Å². The Hall–Kier alpha value is -2.34. The van der Waals surface area contributed by atoms with E-state index in [2.05, 4.69) is 5.32 Å². The zero-order valence-corrected chi connectivity index (χ0v) is 14.0. The van der Waals surface area contributed by atoms with E-state index in [1.807, 2.05) is 30.3 Å². The van der Waals surface area contributed by atoms with Gasteiger partial charge in [0, 0.05) is 5.69 Å². The topological polar surface area (TPSA) is 72.5 Å². The van der Waals surface area contributed by atoms with Gasteiger partial charge in [0.1, 0.15) is 11.5 Å². The predicted molar refractivity (Wildman–Crippen MR) is 93.0 cm³/mol. The predicted octanol–water partition coefficient (Wildman–Crippen LogP) is 3.24. The third kappa shape index (κ3) is 4.35. The average Bonchev–Trinajstić information content (AvgIpc) is 2.57.